The number of aromatic nitrogens is 4. The Labute approximate surface area is 223 Å². The fourth-order valence-corrected chi connectivity index (χ4v) is 5.77. The summed E-state index contributed by atoms with van der Waals surface area (Å²) in [6.07, 6.45) is 3.20. The number of hydrogen-bond acceptors (Lipinski definition) is 4. The van der Waals surface area contributed by atoms with Crippen LogP contribution in [-0.4, -0.2) is 62.1 Å². The summed E-state index contributed by atoms with van der Waals surface area (Å²) in [4.78, 5) is 20.2. The normalized spacial score (nSPS) is 17.5. The number of nitrogens with zero attached hydrogens (tertiary/aromatic N) is 5. The summed E-state index contributed by atoms with van der Waals surface area (Å²) in [6, 6.07) is 19.6. The quantitative estimate of drug-likeness (QED) is 0.312. The van der Waals surface area contributed by atoms with E-state index in [4.69, 9.17) is 9.72 Å². The fourth-order valence-electron chi connectivity index (χ4n) is 5.77. The van der Waals surface area contributed by atoms with E-state index in [1.165, 1.54) is 12.1 Å². The first-order valence-electron chi connectivity index (χ1n) is 13.2. The maximum absolute atomic E-state index is 15.1. The molecule has 7 nitrogen and oxygen atoms in total. The molecular weight excluding hydrogens is 500 g/mol. The molecule has 2 aromatic heterocycles. The lowest BCUT2D eigenvalue weighted by Crippen LogP contribution is -2.49. The number of hydrogen-bond donors (Lipinski definition) is 0. The van der Waals surface area contributed by atoms with E-state index in [2.05, 4.69) is 5.10 Å². The van der Waals surface area contributed by atoms with Crippen LogP contribution in [0, 0.1) is 5.82 Å². The van der Waals surface area contributed by atoms with Crippen molar-refractivity contribution in [1.82, 2.24) is 24.2 Å². The SMILES string of the molecule is O=C(c1ccc2c(cnn2-c2cccc(F)c2)c1)N1CCC(c2nc3ccccc3n2CC2(F)COC2)CC1. The molecule has 0 aliphatic carbocycles. The van der Waals surface area contributed by atoms with E-state index >= 15 is 4.39 Å². The van der Waals surface area contributed by atoms with Crippen LogP contribution in [0.25, 0.3) is 27.6 Å². The van der Waals surface area contributed by atoms with Crippen LogP contribution in [0.2, 0.25) is 0 Å². The molecule has 7 rings (SSSR count). The van der Waals surface area contributed by atoms with Gasteiger partial charge in [0, 0.05) is 30.0 Å². The zero-order valence-electron chi connectivity index (χ0n) is 21.3. The number of carbonyl (C=O) groups is 1. The second-order valence-corrected chi connectivity index (χ2v) is 10.6. The van der Waals surface area contributed by atoms with Gasteiger partial charge in [0.15, 0.2) is 5.67 Å². The predicted octanol–water partition coefficient (Wildman–Crippen LogP) is 5.27. The Morgan fingerprint density at radius 3 is 2.59 bits per heavy atom. The van der Waals surface area contributed by atoms with E-state index in [9.17, 15) is 9.18 Å². The summed E-state index contributed by atoms with van der Waals surface area (Å²) in [5.41, 5.74) is 2.45. The van der Waals surface area contributed by atoms with Crippen LogP contribution in [0.15, 0.2) is 72.9 Å². The van der Waals surface area contributed by atoms with Crippen molar-refractivity contribution in [3.05, 3.63) is 90.1 Å². The van der Waals surface area contributed by atoms with E-state index in [0.29, 0.717) is 24.3 Å². The molecule has 5 aromatic rings. The Bertz CT molecular complexity index is 1700. The maximum Gasteiger partial charge on any atom is 0.253 e. The molecule has 0 saturated carbocycles. The second kappa shape index (κ2) is 9.27. The van der Waals surface area contributed by atoms with Gasteiger partial charge in [-0.25, -0.2) is 18.4 Å². The number of ether oxygens (including phenoxy) is 1. The lowest BCUT2D eigenvalue weighted by Gasteiger charge is -2.36. The summed E-state index contributed by atoms with van der Waals surface area (Å²) < 4.78 is 37.6. The molecule has 2 fully saturated rings. The van der Waals surface area contributed by atoms with Crippen LogP contribution < -0.4 is 0 Å². The van der Waals surface area contributed by atoms with Crippen LogP contribution in [0.5, 0.6) is 0 Å². The van der Waals surface area contributed by atoms with Gasteiger partial charge in [0.2, 0.25) is 0 Å². The first-order valence-corrected chi connectivity index (χ1v) is 13.2. The number of benzene rings is 3. The average molecular weight is 528 g/mol. The molecular formula is C30H27F2N5O2. The zero-order valence-corrected chi connectivity index (χ0v) is 21.3. The van der Waals surface area contributed by atoms with E-state index in [-0.39, 0.29) is 37.4 Å². The number of piperidine rings is 1. The van der Waals surface area contributed by atoms with Gasteiger partial charge in [-0.05, 0) is 61.4 Å². The molecule has 39 heavy (non-hydrogen) atoms. The Balaban J connectivity index is 1.09. The molecule has 4 heterocycles. The lowest BCUT2D eigenvalue weighted by atomic mass is 9.94. The minimum absolute atomic E-state index is 0.0308. The minimum atomic E-state index is -1.37. The number of para-hydroxylation sites is 2. The van der Waals surface area contributed by atoms with Crippen LogP contribution in [0.4, 0.5) is 8.78 Å². The standard InChI is InChI=1S/C30H27F2N5O2/c31-23-4-3-5-24(15-23)37-26-9-8-21(14-22(26)16-33-37)29(38)35-12-10-20(11-13-35)28-34-25-6-1-2-7-27(25)36(28)17-30(32)18-39-19-30/h1-9,14-16,20H,10-13,17-19H2. The predicted molar refractivity (Wildman–Crippen MR) is 143 cm³/mol. The van der Waals surface area contributed by atoms with Crippen molar-refractivity contribution in [3.8, 4) is 5.69 Å². The van der Waals surface area contributed by atoms with Crippen molar-refractivity contribution in [2.24, 2.45) is 0 Å². The molecule has 2 saturated heterocycles. The number of rotatable bonds is 5. The van der Waals surface area contributed by atoms with E-state index in [1.54, 1.807) is 29.1 Å². The van der Waals surface area contributed by atoms with Gasteiger partial charge in [-0.1, -0.05) is 18.2 Å². The maximum atomic E-state index is 15.1. The van der Waals surface area contributed by atoms with Gasteiger partial charge >= 0.3 is 0 Å². The molecule has 0 atom stereocenters. The Morgan fingerprint density at radius 2 is 1.82 bits per heavy atom. The Hall–Kier alpha value is -4.11. The second-order valence-electron chi connectivity index (χ2n) is 10.6. The molecule has 0 bridgehead atoms. The monoisotopic (exact) mass is 527 g/mol. The van der Waals surface area contributed by atoms with Crippen molar-refractivity contribution in [2.75, 3.05) is 26.3 Å². The highest BCUT2D eigenvalue weighted by atomic mass is 19.1. The van der Waals surface area contributed by atoms with Crippen LogP contribution >= 0.6 is 0 Å². The van der Waals surface area contributed by atoms with Crippen molar-refractivity contribution in [3.63, 3.8) is 0 Å². The molecule has 0 unspecified atom stereocenters. The average Bonchev–Trinajstić information content (AvgIpc) is 3.53. The Kier molecular flexibility index (Phi) is 5.70. The molecule has 198 valence electrons. The van der Waals surface area contributed by atoms with Gasteiger partial charge in [-0.15, -0.1) is 0 Å². The summed E-state index contributed by atoms with van der Waals surface area (Å²) in [6.45, 7) is 1.63. The highest BCUT2D eigenvalue weighted by molar-refractivity contribution is 5.98. The van der Waals surface area contributed by atoms with Gasteiger partial charge in [0.05, 0.1) is 48.2 Å². The van der Waals surface area contributed by atoms with Gasteiger partial charge in [0.1, 0.15) is 11.6 Å². The summed E-state index contributed by atoms with van der Waals surface area (Å²) in [5.74, 6) is 0.663. The topological polar surface area (TPSA) is 65.2 Å². The molecule has 0 N–H and O–H groups in total. The lowest BCUT2D eigenvalue weighted by molar-refractivity contribution is -0.137. The molecule has 1 amide bonds. The number of carbonyl (C=O) groups excluding carboxylic acids is 1. The molecule has 3 aromatic carbocycles. The zero-order chi connectivity index (χ0) is 26.6. The molecule has 0 radical (unpaired) electrons. The number of halogens is 2. The number of amides is 1. The van der Waals surface area contributed by atoms with E-state index in [0.717, 1.165) is 40.6 Å². The third-order valence-corrected chi connectivity index (χ3v) is 7.86. The van der Waals surface area contributed by atoms with Gasteiger partial charge < -0.3 is 14.2 Å². The summed E-state index contributed by atoms with van der Waals surface area (Å²) >= 11 is 0. The van der Waals surface area contributed by atoms with Gasteiger partial charge in [-0.3, -0.25) is 4.79 Å². The number of fused-ring (bicyclic) bond motifs is 2. The first kappa shape index (κ1) is 24.0. The highest BCUT2D eigenvalue weighted by Gasteiger charge is 2.41. The largest absolute Gasteiger partial charge is 0.374 e. The smallest absolute Gasteiger partial charge is 0.253 e. The van der Waals surface area contributed by atoms with E-state index < -0.39 is 5.67 Å². The molecule has 0 spiro atoms. The number of likely N-dealkylation sites (tertiary alicyclic amines) is 1. The van der Waals surface area contributed by atoms with Crippen molar-refractivity contribution in [1.29, 1.82) is 0 Å². The summed E-state index contributed by atoms with van der Waals surface area (Å²) in [7, 11) is 0. The highest BCUT2D eigenvalue weighted by Crippen LogP contribution is 2.34. The third kappa shape index (κ3) is 4.27. The van der Waals surface area contributed by atoms with Crippen molar-refractivity contribution < 1.29 is 18.3 Å². The molecule has 9 heteroatoms. The van der Waals surface area contributed by atoms with Gasteiger partial charge in [-0.2, -0.15) is 5.10 Å². The third-order valence-electron chi connectivity index (χ3n) is 7.86. The number of imidazole rings is 1. The first-order chi connectivity index (χ1) is 19.0. The number of alkyl halides is 1. The van der Waals surface area contributed by atoms with Crippen LogP contribution in [-0.2, 0) is 11.3 Å². The Morgan fingerprint density at radius 1 is 1.00 bits per heavy atom. The van der Waals surface area contributed by atoms with Gasteiger partial charge in [0.25, 0.3) is 5.91 Å². The van der Waals surface area contributed by atoms with Crippen LogP contribution in [0.1, 0.15) is 34.9 Å². The summed E-state index contributed by atoms with van der Waals surface area (Å²) in [5, 5.41) is 5.22. The van der Waals surface area contributed by atoms with Crippen molar-refractivity contribution >= 4 is 27.8 Å². The minimum Gasteiger partial charge on any atom is -0.374 e. The van der Waals surface area contributed by atoms with Crippen molar-refractivity contribution in [2.45, 2.75) is 31.0 Å². The van der Waals surface area contributed by atoms with E-state index in [1.807, 2.05) is 45.9 Å². The molecule has 2 aliphatic rings. The van der Waals surface area contributed by atoms with Crippen LogP contribution in [0.3, 0.4) is 0 Å². The fraction of sp³-hybridized carbons (Fsp3) is 0.300. The molecule has 2 aliphatic heterocycles.